The lowest BCUT2D eigenvalue weighted by Gasteiger charge is -2.33. The van der Waals surface area contributed by atoms with Crippen molar-refractivity contribution in [3.05, 3.63) is 76.1 Å². The van der Waals surface area contributed by atoms with E-state index in [4.69, 9.17) is 4.74 Å². The normalized spacial score (nSPS) is 21.5. The molecule has 0 spiro atoms. The molecule has 2 aliphatic rings. The molecule has 22 heavy (non-hydrogen) atoms. The number of hydrogen-bond donors (Lipinski definition) is 0. The molecule has 0 N–H and O–H groups in total. The van der Waals surface area contributed by atoms with Crippen LogP contribution in [0.4, 0.5) is 8.78 Å². The summed E-state index contributed by atoms with van der Waals surface area (Å²) < 4.78 is 33.3. The van der Waals surface area contributed by atoms with Crippen LogP contribution in [-0.4, -0.2) is 5.60 Å². The highest BCUT2D eigenvalue weighted by Gasteiger charge is 2.28. The van der Waals surface area contributed by atoms with Gasteiger partial charge in [0, 0.05) is 11.1 Å². The fraction of sp³-hybridized carbons (Fsp3) is 0.263. The summed E-state index contributed by atoms with van der Waals surface area (Å²) in [4.78, 5) is 0. The maximum atomic E-state index is 13.9. The van der Waals surface area contributed by atoms with Gasteiger partial charge in [0.15, 0.2) is 11.6 Å². The van der Waals surface area contributed by atoms with Crippen molar-refractivity contribution in [2.24, 2.45) is 0 Å². The Morgan fingerprint density at radius 2 is 2.00 bits per heavy atom. The molecule has 1 aromatic rings. The SMILES string of the molecule is CC1=CC(C)(C)OC2=C1C(=Cc1cccc(F)c1F)CC=C2. The molecular weight excluding hydrogens is 282 g/mol. The van der Waals surface area contributed by atoms with Gasteiger partial charge in [0.1, 0.15) is 11.4 Å². The Kier molecular flexibility index (Phi) is 3.51. The molecule has 0 amide bonds. The summed E-state index contributed by atoms with van der Waals surface area (Å²) in [6.07, 6.45) is 8.37. The van der Waals surface area contributed by atoms with E-state index >= 15 is 0 Å². The van der Waals surface area contributed by atoms with Crippen LogP contribution in [0.5, 0.6) is 0 Å². The van der Waals surface area contributed by atoms with Crippen LogP contribution in [0, 0.1) is 11.6 Å². The lowest BCUT2D eigenvalue weighted by atomic mass is 9.86. The Bertz CT molecular complexity index is 749. The molecule has 0 bridgehead atoms. The zero-order valence-corrected chi connectivity index (χ0v) is 12.9. The topological polar surface area (TPSA) is 9.23 Å². The van der Waals surface area contributed by atoms with Gasteiger partial charge in [0.2, 0.25) is 0 Å². The molecule has 1 aromatic carbocycles. The molecule has 3 rings (SSSR count). The zero-order chi connectivity index (χ0) is 15.9. The second kappa shape index (κ2) is 5.24. The second-order valence-corrected chi connectivity index (χ2v) is 6.19. The van der Waals surface area contributed by atoms with Crippen molar-refractivity contribution in [3.8, 4) is 0 Å². The largest absolute Gasteiger partial charge is 0.483 e. The Morgan fingerprint density at radius 3 is 2.77 bits per heavy atom. The Labute approximate surface area is 129 Å². The summed E-state index contributed by atoms with van der Waals surface area (Å²) in [6.45, 7) is 6.02. The molecule has 114 valence electrons. The third-order valence-electron chi connectivity index (χ3n) is 3.82. The van der Waals surface area contributed by atoms with Gasteiger partial charge in [-0.25, -0.2) is 8.78 Å². The van der Waals surface area contributed by atoms with Crippen LogP contribution in [0.15, 0.2) is 58.9 Å². The minimum absolute atomic E-state index is 0.259. The van der Waals surface area contributed by atoms with Crippen molar-refractivity contribution in [1.29, 1.82) is 0 Å². The van der Waals surface area contributed by atoms with Gasteiger partial charge < -0.3 is 4.74 Å². The van der Waals surface area contributed by atoms with E-state index in [1.54, 1.807) is 12.1 Å². The molecular formula is C19H18F2O. The van der Waals surface area contributed by atoms with Gasteiger partial charge in [-0.1, -0.05) is 18.2 Å². The van der Waals surface area contributed by atoms with E-state index in [1.807, 2.05) is 32.9 Å². The average molecular weight is 300 g/mol. The fourth-order valence-electron chi connectivity index (χ4n) is 3.03. The highest BCUT2D eigenvalue weighted by Crippen LogP contribution is 2.39. The summed E-state index contributed by atoms with van der Waals surface area (Å²) >= 11 is 0. The first-order chi connectivity index (χ1) is 10.4. The molecule has 1 heterocycles. The van der Waals surface area contributed by atoms with E-state index < -0.39 is 11.6 Å². The Balaban J connectivity index is 2.08. The molecule has 0 atom stereocenters. The van der Waals surface area contributed by atoms with E-state index in [1.165, 1.54) is 6.07 Å². The van der Waals surface area contributed by atoms with E-state index in [-0.39, 0.29) is 11.2 Å². The molecule has 0 radical (unpaired) electrons. The third kappa shape index (κ3) is 2.63. The van der Waals surface area contributed by atoms with Crippen LogP contribution in [0.25, 0.3) is 6.08 Å². The van der Waals surface area contributed by atoms with Crippen molar-refractivity contribution < 1.29 is 13.5 Å². The average Bonchev–Trinajstić information content (AvgIpc) is 2.42. The third-order valence-corrected chi connectivity index (χ3v) is 3.82. The first-order valence-corrected chi connectivity index (χ1v) is 7.32. The minimum Gasteiger partial charge on any atom is -0.483 e. The van der Waals surface area contributed by atoms with Gasteiger partial charge in [-0.3, -0.25) is 0 Å². The summed E-state index contributed by atoms with van der Waals surface area (Å²) in [7, 11) is 0. The molecule has 1 aliphatic heterocycles. The minimum atomic E-state index is -0.830. The van der Waals surface area contributed by atoms with Crippen molar-refractivity contribution in [3.63, 3.8) is 0 Å². The summed E-state index contributed by atoms with van der Waals surface area (Å²) in [5, 5.41) is 0. The number of rotatable bonds is 1. The molecule has 3 heteroatoms. The first-order valence-electron chi connectivity index (χ1n) is 7.32. The lowest BCUT2D eigenvalue weighted by molar-refractivity contribution is 0.0797. The van der Waals surface area contributed by atoms with Crippen LogP contribution in [0.3, 0.4) is 0 Å². The molecule has 0 aromatic heterocycles. The van der Waals surface area contributed by atoms with Crippen molar-refractivity contribution in [2.45, 2.75) is 32.8 Å². The van der Waals surface area contributed by atoms with Gasteiger partial charge in [-0.2, -0.15) is 0 Å². The van der Waals surface area contributed by atoms with Crippen LogP contribution in [-0.2, 0) is 4.74 Å². The maximum Gasteiger partial charge on any atom is 0.166 e. The number of halogens is 2. The standard InChI is InChI=1S/C19H18F2O/c1-12-11-19(2,3)22-16-9-5-6-13(17(12)16)10-14-7-4-8-15(20)18(14)21/h4-5,7-11H,6H2,1-3H3. The number of allylic oxidation sites excluding steroid dienone is 5. The van der Waals surface area contributed by atoms with Crippen molar-refractivity contribution >= 4 is 6.08 Å². The summed E-state index contributed by atoms with van der Waals surface area (Å²) in [5.41, 5.74) is 2.91. The van der Waals surface area contributed by atoms with Gasteiger partial charge in [0.25, 0.3) is 0 Å². The van der Waals surface area contributed by atoms with E-state index in [2.05, 4.69) is 6.08 Å². The van der Waals surface area contributed by atoms with Crippen molar-refractivity contribution in [2.75, 3.05) is 0 Å². The number of hydrogen-bond acceptors (Lipinski definition) is 1. The van der Waals surface area contributed by atoms with E-state index in [0.717, 1.165) is 28.5 Å². The Morgan fingerprint density at radius 1 is 1.23 bits per heavy atom. The quantitative estimate of drug-likeness (QED) is 0.682. The molecule has 0 saturated heterocycles. The molecule has 0 fully saturated rings. The predicted molar refractivity (Wildman–Crippen MR) is 84.0 cm³/mol. The number of benzene rings is 1. The highest BCUT2D eigenvalue weighted by molar-refractivity contribution is 5.67. The zero-order valence-electron chi connectivity index (χ0n) is 12.9. The highest BCUT2D eigenvalue weighted by atomic mass is 19.2. The van der Waals surface area contributed by atoms with E-state index in [0.29, 0.717) is 6.42 Å². The van der Waals surface area contributed by atoms with E-state index in [9.17, 15) is 8.78 Å². The Hall–Kier alpha value is -2.16. The smallest absolute Gasteiger partial charge is 0.166 e. The second-order valence-electron chi connectivity index (χ2n) is 6.19. The first kappa shape index (κ1) is 14.8. The molecule has 0 unspecified atom stereocenters. The molecule has 0 saturated carbocycles. The van der Waals surface area contributed by atoms with Gasteiger partial charge >= 0.3 is 0 Å². The van der Waals surface area contributed by atoms with Crippen LogP contribution in [0.1, 0.15) is 32.8 Å². The molecule has 1 aliphatic carbocycles. The van der Waals surface area contributed by atoms with Crippen LogP contribution >= 0.6 is 0 Å². The monoisotopic (exact) mass is 300 g/mol. The van der Waals surface area contributed by atoms with Gasteiger partial charge in [-0.15, -0.1) is 0 Å². The van der Waals surface area contributed by atoms with Crippen LogP contribution in [0.2, 0.25) is 0 Å². The lowest BCUT2D eigenvalue weighted by Crippen LogP contribution is -2.26. The number of ether oxygens (including phenoxy) is 1. The predicted octanol–water partition coefficient (Wildman–Crippen LogP) is 5.32. The fourth-order valence-corrected chi connectivity index (χ4v) is 3.03. The maximum absolute atomic E-state index is 13.9. The van der Waals surface area contributed by atoms with Gasteiger partial charge in [0.05, 0.1) is 0 Å². The van der Waals surface area contributed by atoms with Gasteiger partial charge in [-0.05, 0) is 62.6 Å². The van der Waals surface area contributed by atoms with Crippen molar-refractivity contribution in [1.82, 2.24) is 0 Å². The summed E-state index contributed by atoms with van der Waals surface area (Å²) in [6, 6.07) is 4.22. The molecule has 1 nitrogen and oxygen atoms in total. The van der Waals surface area contributed by atoms with Crippen LogP contribution < -0.4 is 0 Å². The summed E-state index contributed by atoms with van der Waals surface area (Å²) in [5.74, 6) is -0.854.